The lowest BCUT2D eigenvalue weighted by atomic mass is 10.1. The Balaban J connectivity index is 2.14. The van der Waals surface area contributed by atoms with Crippen molar-refractivity contribution in [2.45, 2.75) is 20.2 Å². The van der Waals surface area contributed by atoms with Gasteiger partial charge in [-0.15, -0.1) is 6.58 Å². The zero-order valence-electron chi connectivity index (χ0n) is 13.4. The summed E-state index contributed by atoms with van der Waals surface area (Å²) >= 11 is 0. The molecule has 0 atom stereocenters. The van der Waals surface area contributed by atoms with E-state index in [9.17, 15) is 0 Å². The third-order valence-corrected chi connectivity index (χ3v) is 2.55. The lowest BCUT2D eigenvalue weighted by molar-refractivity contribution is 0.174. The van der Waals surface area contributed by atoms with Crippen molar-refractivity contribution in [2.24, 2.45) is 0 Å². The van der Waals surface area contributed by atoms with Crippen LogP contribution in [0.2, 0.25) is 0 Å². The molecule has 0 saturated carbocycles. The quantitative estimate of drug-likeness (QED) is 0.748. The molecule has 0 aromatic heterocycles. The molecule has 0 unspecified atom stereocenters. The van der Waals surface area contributed by atoms with Gasteiger partial charge in [-0.25, -0.2) is 0 Å². The minimum Gasteiger partial charge on any atom is -0.489 e. The highest BCUT2D eigenvalue weighted by atomic mass is 16.7. The third kappa shape index (κ3) is 2.86. The number of fused-ring (bicyclic) bond motifs is 1. The first-order chi connectivity index (χ1) is 9.91. The molecule has 96 valence electrons. The molecule has 1 aromatic rings. The maximum atomic E-state index is 7.29. The van der Waals surface area contributed by atoms with Crippen molar-refractivity contribution in [1.82, 2.24) is 0 Å². The van der Waals surface area contributed by atoms with E-state index >= 15 is 0 Å². The molecule has 0 aliphatic carbocycles. The van der Waals surface area contributed by atoms with Crippen molar-refractivity contribution < 1.29 is 18.3 Å². The third-order valence-electron chi connectivity index (χ3n) is 2.55. The number of benzene rings is 1. The Morgan fingerprint density at radius 3 is 3.00 bits per heavy atom. The van der Waals surface area contributed by atoms with Gasteiger partial charge < -0.3 is 14.2 Å². The Bertz CT molecular complexity index is 562. The summed E-state index contributed by atoms with van der Waals surface area (Å²) in [6, 6.07) is 3.62. The topological polar surface area (TPSA) is 27.7 Å². The van der Waals surface area contributed by atoms with Gasteiger partial charge in [-0.3, -0.25) is 0 Å². The lowest BCUT2D eigenvalue weighted by Crippen LogP contribution is -1.98. The number of hydrogen-bond donors (Lipinski definition) is 0. The Kier molecular flexibility index (Phi) is 2.84. The van der Waals surface area contributed by atoms with E-state index in [2.05, 4.69) is 6.58 Å². The van der Waals surface area contributed by atoms with Crippen LogP contribution in [0.15, 0.2) is 36.4 Å². The van der Waals surface area contributed by atoms with Crippen molar-refractivity contribution in [3.05, 3.63) is 42.0 Å². The van der Waals surface area contributed by atoms with Gasteiger partial charge in [0.05, 0.1) is 0 Å². The molecule has 3 nitrogen and oxygen atoms in total. The first-order valence-corrected chi connectivity index (χ1v) is 5.75. The van der Waals surface area contributed by atoms with Crippen molar-refractivity contribution >= 4 is 0 Å². The number of rotatable bonds is 5. The van der Waals surface area contributed by atoms with Crippen LogP contribution < -0.4 is 14.2 Å². The highest BCUT2D eigenvalue weighted by Gasteiger charge is 2.17. The van der Waals surface area contributed by atoms with Gasteiger partial charge in [0.15, 0.2) is 11.5 Å². The summed E-state index contributed by atoms with van der Waals surface area (Å²) in [7, 11) is 0. The maximum Gasteiger partial charge on any atom is 0.231 e. The first-order valence-electron chi connectivity index (χ1n) is 7.25. The smallest absolute Gasteiger partial charge is 0.231 e. The molecule has 0 spiro atoms. The summed E-state index contributed by atoms with van der Waals surface area (Å²) in [5.74, 6) is 1.97. The first kappa shape index (κ1) is 9.09. The van der Waals surface area contributed by atoms with Gasteiger partial charge in [0.1, 0.15) is 12.4 Å². The van der Waals surface area contributed by atoms with Crippen molar-refractivity contribution in [1.29, 1.82) is 0 Å². The summed E-state index contributed by atoms with van der Waals surface area (Å²) in [6.07, 6.45) is 3.97. The summed E-state index contributed by atoms with van der Waals surface area (Å²) in [5.41, 5.74) is 1.24. The molecule has 0 N–H and O–H groups in total. The molecule has 0 bridgehead atoms. The molecule has 0 radical (unpaired) electrons. The Labute approximate surface area is 112 Å². The zero-order chi connectivity index (χ0) is 15.5. The summed E-state index contributed by atoms with van der Waals surface area (Å²) in [4.78, 5) is 0. The molecular weight excluding hydrogens is 228 g/mol. The normalized spacial score (nSPS) is 16.7. The van der Waals surface area contributed by atoms with E-state index < -0.39 is 6.85 Å². The van der Waals surface area contributed by atoms with Gasteiger partial charge in [-0.2, -0.15) is 0 Å². The van der Waals surface area contributed by atoms with Crippen LogP contribution >= 0.6 is 0 Å². The predicted octanol–water partition coefficient (Wildman–Crippen LogP) is 3.49. The fourth-order valence-corrected chi connectivity index (χ4v) is 1.67. The van der Waals surface area contributed by atoms with Gasteiger partial charge in [-0.1, -0.05) is 11.6 Å². The molecule has 1 aromatic carbocycles. The predicted molar refractivity (Wildman–Crippen MR) is 71.4 cm³/mol. The monoisotopic (exact) mass is 249 g/mol. The molecule has 1 heterocycles. The molecule has 0 fully saturated rings. The Hall–Kier alpha value is -1.90. The molecule has 18 heavy (non-hydrogen) atoms. The summed E-state index contributed by atoms with van der Waals surface area (Å²) < 4.78 is 38.2. The van der Waals surface area contributed by atoms with E-state index in [4.69, 9.17) is 18.3 Å². The SMILES string of the molecule is [2H]C([2H])([2H])/C(C)=C/COc1cc2c(cc1CC=C)OCO2. The summed E-state index contributed by atoms with van der Waals surface area (Å²) in [6.45, 7) is 3.59. The Morgan fingerprint density at radius 1 is 1.50 bits per heavy atom. The minimum atomic E-state index is -2.08. The highest BCUT2D eigenvalue weighted by Crippen LogP contribution is 2.38. The molecule has 2 rings (SSSR count). The fraction of sp³-hybridized carbons (Fsp3) is 0.333. The van der Waals surface area contributed by atoms with Crippen molar-refractivity contribution in [3.8, 4) is 17.2 Å². The maximum absolute atomic E-state index is 7.29. The largest absolute Gasteiger partial charge is 0.489 e. The van der Waals surface area contributed by atoms with Crippen LogP contribution in [-0.4, -0.2) is 13.4 Å². The number of ether oxygens (including phenoxy) is 3. The standard InChI is InChI=1S/C15H18O3/c1-4-5-12-8-14-15(18-10-17-14)9-13(12)16-7-6-11(2)3/h4,6,8-9H,1,5,7,10H2,2-3H3/i2D3/b11-6-. The van der Waals surface area contributed by atoms with E-state index in [1.165, 1.54) is 0 Å². The van der Waals surface area contributed by atoms with Crippen LogP contribution in [0, 0.1) is 0 Å². The van der Waals surface area contributed by atoms with E-state index in [1.54, 1.807) is 25.1 Å². The second-order valence-corrected chi connectivity index (χ2v) is 4.00. The van der Waals surface area contributed by atoms with Gasteiger partial charge in [0, 0.05) is 15.7 Å². The summed E-state index contributed by atoms with van der Waals surface area (Å²) in [5, 5.41) is 0. The van der Waals surface area contributed by atoms with Crippen molar-refractivity contribution in [3.63, 3.8) is 0 Å². The number of hydrogen-bond acceptors (Lipinski definition) is 3. The second kappa shape index (κ2) is 5.63. The van der Waals surface area contributed by atoms with Crippen molar-refractivity contribution in [2.75, 3.05) is 13.4 Å². The molecule has 1 aliphatic heterocycles. The van der Waals surface area contributed by atoms with Crippen LogP contribution in [0.25, 0.3) is 0 Å². The minimum absolute atomic E-state index is 0.189. The van der Waals surface area contributed by atoms with Gasteiger partial charge in [-0.05, 0) is 32.3 Å². The van der Waals surface area contributed by atoms with Gasteiger partial charge in [0.25, 0.3) is 0 Å². The molecule has 3 heteroatoms. The molecule has 0 saturated heterocycles. The average Bonchev–Trinajstić information content (AvgIpc) is 2.85. The van der Waals surface area contributed by atoms with E-state index in [-0.39, 0.29) is 13.4 Å². The second-order valence-electron chi connectivity index (χ2n) is 4.00. The average molecular weight is 249 g/mol. The van der Waals surface area contributed by atoms with E-state index in [0.29, 0.717) is 29.2 Å². The fourth-order valence-electron chi connectivity index (χ4n) is 1.67. The van der Waals surface area contributed by atoms with Crippen LogP contribution in [0.1, 0.15) is 23.5 Å². The molecule has 1 aliphatic rings. The van der Waals surface area contributed by atoms with Crippen LogP contribution in [0.4, 0.5) is 0 Å². The van der Waals surface area contributed by atoms with Gasteiger partial charge >= 0.3 is 0 Å². The lowest BCUT2D eigenvalue weighted by Gasteiger charge is -2.10. The van der Waals surface area contributed by atoms with E-state index in [1.807, 2.05) is 6.07 Å². The number of allylic oxidation sites excluding steroid dienone is 2. The Morgan fingerprint density at radius 2 is 2.28 bits per heavy atom. The highest BCUT2D eigenvalue weighted by molar-refractivity contribution is 5.52. The van der Waals surface area contributed by atoms with Crippen LogP contribution in [-0.2, 0) is 6.42 Å². The van der Waals surface area contributed by atoms with Crippen LogP contribution in [0.3, 0.4) is 0 Å². The molecular formula is C15H18O3. The van der Waals surface area contributed by atoms with Crippen LogP contribution in [0.5, 0.6) is 17.2 Å². The van der Waals surface area contributed by atoms with E-state index in [0.717, 1.165) is 5.56 Å². The zero-order valence-corrected chi connectivity index (χ0v) is 10.4. The molecule has 0 amide bonds. The van der Waals surface area contributed by atoms with Gasteiger partial charge in [0.2, 0.25) is 6.79 Å².